The summed E-state index contributed by atoms with van der Waals surface area (Å²) in [6, 6.07) is 18.6. The average molecular weight is 421 g/mol. The summed E-state index contributed by atoms with van der Waals surface area (Å²) in [4.78, 5) is 5.08. The second kappa shape index (κ2) is 8.67. The molecular formula is C23H26N5OS+. The fraction of sp³-hybridized carbons (Fsp3) is 0.217. The second-order valence-electron chi connectivity index (χ2n) is 7.34. The SMILES string of the molecule is Cc1nn(C)c(C)c1N[SH+](=O)c1ccc(NCCc2ccc3ccccc3c2)nc1. The highest BCUT2D eigenvalue weighted by atomic mass is 32.2. The quantitative estimate of drug-likeness (QED) is 0.345. The van der Waals surface area contributed by atoms with Gasteiger partial charge in [0.25, 0.3) is 0 Å². The van der Waals surface area contributed by atoms with Crippen LogP contribution in [0.3, 0.4) is 0 Å². The van der Waals surface area contributed by atoms with E-state index in [4.69, 9.17) is 0 Å². The Balaban J connectivity index is 1.34. The van der Waals surface area contributed by atoms with E-state index in [1.165, 1.54) is 16.3 Å². The Morgan fingerprint density at radius 3 is 2.53 bits per heavy atom. The summed E-state index contributed by atoms with van der Waals surface area (Å²) in [7, 11) is 0.0824. The molecule has 2 aromatic carbocycles. The van der Waals surface area contributed by atoms with Crippen molar-refractivity contribution in [3.05, 3.63) is 77.7 Å². The first-order valence-corrected chi connectivity index (χ1v) is 11.2. The number of aromatic nitrogens is 3. The van der Waals surface area contributed by atoms with Crippen LogP contribution in [0, 0.1) is 13.8 Å². The number of nitrogens with one attached hydrogen (secondary N) is 2. The Bertz CT molecular complexity index is 1200. The summed E-state index contributed by atoms with van der Waals surface area (Å²) in [5.41, 5.74) is 3.89. The molecule has 7 heteroatoms. The van der Waals surface area contributed by atoms with Crippen LogP contribution < -0.4 is 10.0 Å². The van der Waals surface area contributed by atoms with Crippen LogP contribution in [0.4, 0.5) is 11.5 Å². The Hall–Kier alpha value is -3.19. The maximum atomic E-state index is 12.7. The fourth-order valence-electron chi connectivity index (χ4n) is 3.44. The highest BCUT2D eigenvalue weighted by Gasteiger charge is 2.17. The number of benzene rings is 2. The molecule has 0 aliphatic carbocycles. The molecule has 6 nitrogen and oxygen atoms in total. The molecule has 0 bridgehead atoms. The van der Waals surface area contributed by atoms with E-state index in [0.717, 1.165) is 35.9 Å². The summed E-state index contributed by atoms with van der Waals surface area (Å²) in [5.74, 6) is 0.775. The molecule has 1 atom stereocenters. The van der Waals surface area contributed by atoms with Gasteiger partial charge < -0.3 is 5.32 Å². The van der Waals surface area contributed by atoms with Gasteiger partial charge in [0, 0.05) is 19.7 Å². The van der Waals surface area contributed by atoms with Crippen molar-refractivity contribution in [1.29, 1.82) is 0 Å². The van der Waals surface area contributed by atoms with Crippen LogP contribution in [0.1, 0.15) is 17.0 Å². The van der Waals surface area contributed by atoms with Crippen molar-refractivity contribution < 1.29 is 4.21 Å². The minimum absolute atomic E-state index is 0.660. The van der Waals surface area contributed by atoms with Gasteiger partial charge >= 0.3 is 0 Å². The number of hydrogen-bond acceptors (Lipinski definition) is 4. The number of anilines is 2. The molecule has 30 heavy (non-hydrogen) atoms. The molecule has 4 aromatic rings. The molecule has 0 radical (unpaired) electrons. The molecule has 0 saturated carbocycles. The van der Waals surface area contributed by atoms with Gasteiger partial charge in [0.2, 0.25) is 0 Å². The molecule has 0 aliphatic rings. The average Bonchev–Trinajstić information content (AvgIpc) is 3.00. The molecule has 2 aromatic heterocycles. The predicted molar refractivity (Wildman–Crippen MR) is 124 cm³/mol. The van der Waals surface area contributed by atoms with Gasteiger partial charge in [-0.05, 0) is 42.7 Å². The molecule has 1 unspecified atom stereocenters. The van der Waals surface area contributed by atoms with Crippen LogP contribution in [-0.4, -0.2) is 21.3 Å². The van der Waals surface area contributed by atoms with Crippen LogP contribution >= 0.6 is 0 Å². The van der Waals surface area contributed by atoms with Crippen LogP contribution in [0.2, 0.25) is 0 Å². The van der Waals surface area contributed by atoms with Crippen LogP contribution in [0.15, 0.2) is 65.7 Å². The highest BCUT2D eigenvalue weighted by Crippen LogP contribution is 2.21. The lowest BCUT2D eigenvalue weighted by atomic mass is 10.1. The van der Waals surface area contributed by atoms with E-state index in [1.807, 2.05) is 33.0 Å². The predicted octanol–water partition coefficient (Wildman–Crippen LogP) is 4.32. The lowest BCUT2D eigenvalue weighted by molar-refractivity contribution is 0.598. The van der Waals surface area contributed by atoms with Crippen LogP contribution in [0.5, 0.6) is 0 Å². The molecule has 0 amide bonds. The molecular weight excluding hydrogens is 394 g/mol. The largest absolute Gasteiger partial charge is 0.370 e. The summed E-state index contributed by atoms with van der Waals surface area (Å²) < 4.78 is 17.5. The van der Waals surface area contributed by atoms with Gasteiger partial charge in [0.1, 0.15) is 11.5 Å². The van der Waals surface area contributed by atoms with Crippen molar-refractivity contribution in [3.8, 4) is 0 Å². The maximum absolute atomic E-state index is 12.7. The first-order valence-electron chi connectivity index (χ1n) is 9.93. The summed E-state index contributed by atoms with van der Waals surface area (Å²) in [6.07, 6.45) is 2.56. The van der Waals surface area contributed by atoms with Gasteiger partial charge in [-0.25, -0.2) is 4.98 Å². The van der Waals surface area contributed by atoms with E-state index in [9.17, 15) is 4.21 Å². The van der Waals surface area contributed by atoms with Gasteiger partial charge in [-0.15, -0.1) is 0 Å². The van der Waals surface area contributed by atoms with Gasteiger partial charge in [-0.3, -0.25) is 4.68 Å². The smallest absolute Gasteiger partial charge is 0.198 e. The number of hydrogen-bond donors (Lipinski definition) is 2. The third-order valence-corrected chi connectivity index (χ3v) is 6.40. The van der Waals surface area contributed by atoms with E-state index in [-0.39, 0.29) is 0 Å². The van der Waals surface area contributed by atoms with Crippen molar-refractivity contribution in [2.24, 2.45) is 7.05 Å². The van der Waals surface area contributed by atoms with E-state index < -0.39 is 11.0 Å². The third kappa shape index (κ3) is 4.36. The number of thiol groups is 1. The Morgan fingerprint density at radius 2 is 1.83 bits per heavy atom. The minimum Gasteiger partial charge on any atom is -0.370 e. The topological polar surface area (TPSA) is 71.8 Å². The zero-order valence-corrected chi connectivity index (χ0v) is 18.3. The highest BCUT2D eigenvalue weighted by molar-refractivity contribution is 7.86. The monoisotopic (exact) mass is 420 g/mol. The number of pyridine rings is 1. The Kier molecular flexibility index (Phi) is 5.81. The molecule has 4 rings (SSSR count). The summed E-state index contributed by atoms with van der Waals surface area (Å²) >= 11 is 0. The van der Waals surface area contributed by atoms with Crippen LogP contribution in [0.25, 0.3) is 10.8 Å². The van der Waals surface area contributed by atoms with Crippen molar-refractivity contribution in [3.63, 3.8) is 0 Å². The fourth-order valence-corrected chi connectivity index (χ4v) is 4.47. The molecule has 0 spiro atoms. The van der Waals surface area contributed by atoms with E-state index in [1.54, 1.807) is 10.9 Å². The molecule has 2 N–H and O–H groups in total. The molecule has 0 fully saturated rings. The van der Waals surface area contributed by atoms with Gasteiger partial charge in [0.05, 0.1) is 17.6 Å². The number of aryl methyl sites for hydroxylation is 2. The molecule has 0 saturated heterocycles. The zero-order valence-electron chi connectivity index (χ0n) is 17.4. The number of nitrogens with zero attached hydrogens (tertiary/aromatic N) is 3. The first-order chi connectivity index (χ1) is 14.5. The Morgan fingerprint density at radius 1 is 1.03 bits per heavy atom. The molecule has 2 heterocycles. The number of fused-ring (bicyclic) bond motifs is 1. The lowest BCUT2D eigenvalue weighted by Crippen LogP contribution is -2.08. The lowest BCUT2D eigenvalue weighted by Gasteiger charge is -2.07. The van der Waals surface area contributed by atoms with E-state index >= 15 is 0 Å². The maximum Gasteiger partial charge on any atom is 0.198 e. The number of rotatable bonds is 7. The minimum atomic E-state index is -1.79. The molecule has 154 valence electrons. The van der Waals surface area contributed by atoms with E-state index in [2.05, 4.69) is 62.6 Å². The van der Waals surface area contributed by atoms with Crippen molar-refractivity contribution >= 4 is 33.3 Å². The Labute approximate surface area is 178 Å². The second-order valence-corrected chi connectivity index (χ2v) is 8.66. The van der Waals surface area contributed by atoms with Crippen molar-refractivity contribution in [2.45, 2.75) is 25.2 Å². The summed E-state index contributed by atoms with van der Waals surface area (Å²) in [6.45, 7) is 4.63. The van der Waals surface area contributed by atoms with Crippen LogP contribution in [-0.2, 0) is 28.7 Å². The third-order valence-electron chi connectivity index (χ3n) is 5.24. The normalized spacial score (nSPS) is 12.1. The van der Waals surface area contributed by atoms with Crippen molar-refractivity contribution in [2.75, 3.05) is 16.6 Å². The van der Waals surface area contributed by atoms with Gasteiger partial charge in [0.15, 0.2) is 15.9 Å². The molecule has 0 aliphatic heterocycles. The van der Waals surface area contributed by atoms with Gasteiger partial charge in [-0.1, -0.05) is 46.7 Å². The zero-order chi connectivity index (χ0) is 21.1. The van der Waals surface area contributed by atoms with Crippen molar-refractivity contribution in [1.82, 2.24) is 14.8 Å². The standard InChI is InChI=1S/C23H25N5OS/c1-16-23(17(2)28(3)26-16)27-30(29)21-10-11-22(25-15-21)24-13-12-18-8-9-19-6-4-5-7-20(19)14-18/h4-11,14-15H,12-13H2,1-3H3,(H,24,25)(H,27,29)/p+1. The summed E-state index contributed by atoms with van der Waals surface area (Å²) in [5, 5.41) is 10.2. The first kappa shape index (κ1) is 20.1. The van der Waals surface area contributed by atoms with E-state index in [0.29, 0.717) is 4.90 Å². The van der Waals surface area contributed by atoms with Gasteiger partial charge in [-0.2, -0.15) is 9.82 Å².